The van der Waals surface area contributed by atoms with Gasteiger partial charge in [-0.25, -0.2) is 4.39 Å². The van der Waals surface area contributed by atoms with Gasteiger partial charge in [-0.15, -0.1) is 10.2 Å². The second kappa shape index (κ2) is 7.03. The van der Waals surface area contributed by atoms with Crippen molar-refractivity contribution < 1.29 is 14.0 Å². The zero-order chi connectivity index (χ0) is 16.9. The topological polar surface area (TPSA) is 78.4 Å². The molecule has 1 N–H and O–H groups in total. The highest BCUT2D eigenvalue weighted by Gasteiger charge is 2.22. The van der Waals surface area contributed by atoms with Gasteiger partial charge in [-0.2, -0.15) is 0 Å². The lowest BCUT2D eigenvalue weighted by molar-refractivity contribution is -0.119. The Morgan fingerprint density at radius 3 is 2.46 bits per heavy atom. The summed E-state index contributed by atoms with van der Waals surface area (Å²) in [6.07, 6.45) is 0.783. The maximum Gasteiger partial charge on any atom is 0.274 e. The number of benzene rings is 1. The minimum atomic E-state index is -0.396. The fourth-order valence-electron chi connectivity index (χ4n) is 2.41. The molecule has 1 aliphatic rings. The Morgan fingerprint density at radius 2 is 1.83 bits per heavy atom. The third-order valence-corrected chi connectivity index (χ3v) is 3.77. The Labute approximate surface area is 138 Å². The van der Waals surface area contributed by atoms with Gasteiger partial charge in [0.1, 0.15) is 5.82 Å². The van der Waals surface area contributed by atoms with Crippen molar-refractivity contribution in [1.82, 2.24) is 20.0 Å². The van der Waals surface area contributed by atoms with Crippen LogP contribution < -0.4 is 5.32 Å². The molecule has 0 spiro atoms. The Kier molecular flexibility index (Phi) is 4.64. The predicted octanol–water partition coefficient (Wildman–Crippen LogP) is 1.27. The quantitative estimate of drug-likeness (QED) is 0.855. The van der Waals surface area contributed by atoms with Crippen molar-refractivity contribution >= 4 is 23.8 Å². The molecular formula is C16H16FN5O2. The summed E-state index contributed by atoms with van der Waals surface area (Å²) in [5, 5.41) is 10.6. The van der Waals surface area contributed by atoms with Crippen LogP contribution in [0.5, 0.6) is 0 Å². The number of hydrogen-bond donors (Lipinski definition) is 1. The van der Waals surface area contributed by atoms with Gasteiger partial charge in [0.2, 0.25) is 6.41 Å². The SMILES string of the molecule is O=CN1CCN(C(=O)c2ccc(Nc3ccccc3F)nn2)CC1. The number of hydrogen-bond acceptors (Lipinski definition) is 5. The molecular weight excluding hydrogens is 313 g/mol. The van der Waals surface area contributed by atoms with Crippen molar-refractivity contribution in [1.29, 1.82) is 0 Å². The van der Waals surface area contributed by atoms with E-state index in [0.29, 0.717) is 32.0 Å². The molecule has 3 rings (SSSR count). The summed E-state index contributed by atoms with van der Waals surface area (Å²) in [6, 6.07) is 9.35. The zero-order valence-electron chi connectivity index (χ0n) is 12.9. The summed E-state index contributed by atoms with van der Waals surface area (Å²) in [7, 11) is 0. The number of nitrogens with zero attached hydrogens (tertiary/aromatic N) is 4. The average molecular weight is 329 g/mol. The first-order valence-corrected chi connectivity index (χ1v) is 7.51. The van der Waals surface area contributed by atoms with Crippen molar-refractivity contribution in [3.8, 4) is 0 Å². The van der Waals surface area contributed by atoms with Crippen LogP contribution in [0.25, 0.3) is 0 Å². The molecule has 0 atom stereocenters. The summed E-state index contributed by atoms with van der Waals surface area (Å²) in [6.45, 7) is 1.95. The Balaban J connectivity index is 1.65. The van der Waals surface area contributed by atoms with Gasteiger partial charge in [0.05, 0.1) is 5.69 Å². The summed E-state index contributed by atoms with van der Waals surface area (Å²) in [4.78, 5) is 26.3. The molecule has 2 aromatic rings. The van der Waals surface area contributed by atoms with Crippen LogP contribution in [0.1, 0.15) is 10.5 Å². The van der Waals surface area contributed by atoms with Gasteiger partial charge >= 0.3 is 0 Å². The molecule has 7 nitrogen and oxygen atoms in total. The van der Waals surface area contributed by atoms with Gasteiger partial charge in [-0.3, -0.25) is 9.59 Å². The fraction of sp³-hybridized carbons (Fsp3) is 0.250. The molecule has 1 saturated heterocycles. The highest BCUT2D eigenvalue weighted by Crippen LogP contribution is 2.17. The maximum absolute atomic E-state index is 13.6. The van der Waals surface area contributed by atoms with Crippen LogP contribution in [0.15, 0.2) is 36.4 Å². The zero-order valence-corrected chi connectivity index (χ0v) is 12.9. The molecule has 2 heterocycles. The highest BCUT2D eigenvalue weighted by molar-refractivity contribution is 5.92. The van der Waals surface area contributed by atoms with Crippen molar-refractivity contribution in [2.75, 3.05) is 31.5 Å². The van der Waals surface area contributed by atoms with E-state index in [2.05, 4.69) is 15.5 Å². The molecule has 0 aliphatic carbocycles. The number of para-hydroxylation sites is 1. The van der Waals surface area contributed by atoms with E-state index in [9.17, 15) is 14.0 Å². The van der Waals surface area contributed by atoms with Crippen molar-refractivity contribution in [3.63, 3.8) is 0 Å². The van der Waals surface area contributed by atoms with Gasteiger partial charge in [-0.1, -0.05) is 12.1 Å². The first-order chi connectivity index (χ1) is 11.7. The number of carbonyl (C=O) groups excluding carboxylic acids is 2. The molecule has 124 valence electrons. The molecule has 0 unspecified atom stereocenters. The Bertz CT molecular complexity index is 730. The number of anilines is 2. The molecule has 1 aliphatic heterocycles. The molecule has 0 saturated carbocycles. The summed E-state index contributed by atoms with van der Waals surface area (Å²) in [5.74, 6) is -0.277. The second-order valence-corrected chi connectivity index (χ2v) is 5.34. The largest absolute Gasteiger partial charge is 0.342 e. The van der Waals surface area contributed by atoms with Crippen molar-refractivity contribution in [2.45, 2.75) is 0 Å². The summed E-state index contributed by atoms with van der Waals surface area (Å²) in [5.41, 5.74) is 0.504. The first-order valence-electron chi connectivity index (χ1n) is 7.51. The summed E-state index contributed by atoms with van der Waals surface area (Å²) < 4.78 is 13.6. The molecule has 24 heavy (non-hydrogen) atoms. The molecule has 8 heteroatoms. The number of nitrogens with one attached hydrogen (secondary N) is 1. The lowest BCUT2D eigenvalue weighted by atomic mass is 10.2. The maximum atomic E-state index is 13.6. The predicted molar refractivity (Wildman–Crippen MR) is 85.3 cm³/mol. The fourth-order valence-corrected chi connectivity index (χ4v) is 2.41. The number of carbonyl (C=O) groups is 2. The Morgan fingerprint density at radius 1 is 1.08 bits per heavy atom. The van der Waals surface area contributed by atoms with E-state index >= 15 is 0 Å². The number of piperazine rings is 1. The number of aromatic nitrogens is 2. The molecule has 0 radical (unpaired) electrons. The molecule has 1 aromatic heterocycles. The minimum Gasteiger partial charge on any atom is -0.342 e. The van der Waals surface area contributed by atoms with Crippen molar-refractivity contribution in [3.05, 3.63) is 47.9 Å². The molecule has 1 aromatic carbocycles. The lowest BCUT2D eigenvalue weighted by Crippen LogP contribution is -2.48. The van der Waals surface area contributed by atoms with Crippen LogP contribution in [-0.4, -0.2) is 58.5 Å². The van der Waals surface area contributed by atoms with Gasteiger partial charge in [0, 0.05) is 26.2 Å². The van der Waals surface area contributed by atoms with Crippen LogP contribution in [0, 0.1) is 5.82 Å². The second-order valence-electron chi connectivity index (χ2n) is 5.34. The van der Waals surface area contributed by atoms with E-state index in [4.69, 9.17) is 0 Å². The van der Waals surface area contributed by atoms with Crippen LogP contribution >= 0.6 is 0 Å². The monoisotopic (exact) mass is 329 g/mol. The smallest absolute Gasteiger partial charge is 0.274 e. The molecule has 1 fully saturated rings. The summed E-state index contributed by atoms with van der Waals surface area (Å²) >= 11 is 0. The molecule has 2 amide bonds. The van der Waals surface area contributed by atoms with Gasteiger partial charge in [0.25, 0.3) is 5.91 Å². The number of amides is 2. The van der Waals surface area contributed by atoms with Crippen LogP contribution in [0.4, 0.5) is 15.9 Å². The van der Waals surface area contributed by atoms with E-state index in [0.717, 1.165) is 6.41 Å². The third kappa shape index (κ3) is 3.48. The van der Waals surface area contributed by atoms with E-state index in [-0.39, 0.29) is 17.3 Å². The third-order valence-electron chi connectivity index (χ3n) is 3.77. The van der Waals surface area contributed by atoms with E-state index in [1.165, 1.54) is 6.07 Å². The van der Waals surface area contributed by atoms with E-state index in [1.807, 2.05) is 0 Å². The lowest BCUT2D eigenvalue weighted by Gasteiger charge is -2.32. The van der Waals surface area contributed by atoms with Gasteiger partial charge in [-0.05, 0) is 24.3 Å². The molecule has 0 bridgehead atoms. The van der Waals surface area contributed by atoms with Gasteiger partial charge in [0.15, 0.2) is 11.5 Å². The normalized spacial score (nSPS) is 14.4. The highest BCUT2D eigenvalue weighted by atomic mass is 19.1. The van der Waals surface area contributed by atoms with Crippen LogP contribution in [0.2, 0.25) is 0 Å². The van der Waals surface area contributed by atoms with E-state index < -0.39 is 5.82 Å². The van der Waals surface area contributed by atoms with Gasteiger partial charge < -0.3 is 15.1 Å². The Hall–Kier alpha value is -3.03. The van der Waals surface area contributed by atoms with Crippen LogP contribution in [-0.2, 0) is 4.79 Å². The van der Waals surface area contributed by atoms with Crippen molar-refractivity contribution in [2.24, 2.45) is 0 Å². The first kappa shape index (κ1) is 15.9. The standard InChI is InChI=1S/C16H16FN5O2/c17-12-3-1-2-4-13(12)18-15-6-5-14(19-20-15)16(24)22-9-7-21(11-23)8-10-22/h1-6,11H,7-10H2,(H,18,20). The number of rotatable bonds is 4. The average Bonchev–Trinajstić information content (AvgIpc) is 2.64. The minimum absolute atomic E-state index is 0.216. The van der Waals surface area contributed by atoms with Crippen LogP contribution in [0.3, 0.4) is 0 Å². The van der Waals surface area contributed by atoms with E-state index in [1.54, 1.807) is 40.1 Å². The number of halogens is 1.